The van der Waals surface area contributed by atoms with Crippen molar-refractivity contribution < 1.29 is 21.3 Å². The summed E-state index contributed by atoms with van der Waals surface area (Å²) in [5, 5.41) is -1.12. The van der Waals surface area contributed by atoms with Crippen molar-refractivity contribution >= 4 is 19.9 Å². The molecule has 0 spiro atoms. The fourth-order valence-corrected chi connectivity index (χ4v) is 4.02. The Bertz CT molecular complexity index is 780. The van der Waals surface area contributed by atoms with Crippen LogP contribution in [0.4, 0.5) is 0 Å². The molecular formula is C13H15NO5S2. The molecule has 6 nitrogen and oxygen atoms in total. The summed E-state index contributed by atoms with van der Waals surface area (Å²) >= 11 is 0. The number of benzene rings is 1. The third-order valence-electron chi connectivity index (χ3n) is 2.84. The Labute approximate surface area is 123 Å². The maximum atomic E-state index is 12.7. The quantitative estimate of drug-likeness (QED) is 0.863. The Balaban J connectivity index is 2.40. The van der Waals surface area contributed by atoms with E-state index < -0.39 is 25.1 Å². The number of hydrogen-bond donors (Lipinski definition) is 1. The molecule has 0 aliphatic carbocycles. The zero-order valence-corrected chi connectivity index (χ0v) is 12.9. The third-order valence-corrected chi connectivity index (χ3v) is 5.61. The highest BCUT2D eigenvalue weighted by Crippen LogP contribution is 2.28. The van der Waals surface area contributed by atoms with Gasteiger partial charge in [-0.1, -0.05) is 18.2 Å². The van der Waals surface area contributed by atoms with Crippen LogP contribution in [0.25, 0.3) is 0 Å². The smallest absolute Gasteiger partial charge is 0.208 e. The van der Waals surface area contributed by atoms with Crippen molar-refractivity contribution in [3.8, 4) is 0 Å². The Morgan fingerprint density at radius 2 is 1.71 bits per heavy atom. The van der Waals surface area contributed by atoms with E-state index in [0.29, 0.717) is 0 Å². The predicted octanol–water partition coefficient (Wildman–Crippen LogP) is 1.34. The van der Waals surface area contributed by atoms with Gasteiger partial charge in [-0.25, -0.2) is 21.6 Å². The topological polar surface area (TPSA) is 93.4 Å². The van der Waals surface area contributed by atoms with Gasteiger partial charge in [-0.05, 0) is 24.3 Å². The van der Waals surface area contributed by atoms with Crippen molar-refractivity contribution in [3.05, 3.63) is 54.5 Å². The summed E-state index contributed by atoms with van der Waals surface area (Å²) in [7, 11) is -7.28. The lowest BCUT2D eigenvalue weighted by Crippen LogP contribution is -2.31. The molecule has 0 saturated carbocycles. The first-order valence-electron chi connectivity index (χ1n) is 6.08. The summed E-state index contributed by atoms with van der Waals surface area (Å²) in [5.74, 6) is 0.190. The summed E-state index contributed by atoms with van der Waals surface area (Å²) in [6.07, 6.45) is 2.32. The molecule has 1 aromatic carbocycles. The zero-order chi connectivity index (χ0) is 15.5. The third kappa shape index (κ3) is 3.93. The highest BCUT2D eigenvalue weighted by Gasteiger charge is 2.31. The number of furan rings is 1. The Morgan fingerprint density at radius 3 is 2.24 bits per heavy atom. The normalized spacial score (nSPS) is 14.0. The van der Waals surface area contributed by atoms with Gasteiger partial charge in [0.1, 0.15) is 11.0 Å². The summed E-state index contributed by atoms with van der Waals surface area (Å²) in [4.78, 5) is 0.113. The molecule has 2 aromatic rings. The van der Waals surface area contributed by atoms with Crippen molar-refractivity contribution in [2.75, 3.05) is 12.8 Å². The number of sulfone groups is 1. The Hall–Kier alpha value is -1.64. The summed E-state index contributed by atoms with van der Waals surface area (Å²) < 4.78 is 55.1. The molecule has 1 heterocycles. The molecule has 114 valence electrons. The second-order valence-corrected chi connectivity index (χ2v) is 8.45. The molecule has 0 saturated heterocycles. The molecule has 0 amide bonds. The molecule has 0 bridgehead atoms. The highest BCUT2D eigenvalue weighted by atomic mass is 32.2. The van der Waals surface area contributed by atoms with E-state index >= 15 is 0 Å². The molecule has 0 fully saturated rings. The van der Waals surface area contributed by atoms with Crippen LogP contribution in [0.5, 0.6) is 0 Å². The summed E-state index contributed by atoms with van der Waals surface area (Å²) in [6, 6.07) is 10.9. The standard InChI is InChI=1S/C13H15NO5S2/c1-20(15,16)14-10-13(12-8-5-9-19-12)21(17,18)11-6-3-2-4-7-11/h2-9,13-14H,10H2,1H3. The second-order valence-electron chi connectivity index (χ2n) is 4.48. The van der Waals surface area contributed by atoms with Gasteiger partial charge in [0.2, 0.25) is 10.0 Å². The zero-order valence-electron chi connectivity index (χ0n) is 11.3. The largest absolute Gasteiger partial charge is 0.468 e. The second kappa shape index (κ2) is 6.00. The van der Waals surface area contributed by atoms with Crippen molar-refractivity contribution in [1.82, 2.24) is 4.72 Å². The van der Waals surface area contributed by atoms with Crippen molar-refractivity contribution in [1.29, 1.82) is 0 Å². The molecule has 0 aliphatic rings. The molecular weight excluding hydrogens is 314 g/mol. The minimum absolute atomic E-state index is 0.113. The molecule has 0 aliphatic heterocycles. The summed E-state index contributed by atoms with van der Waals surface area (Å²) in [5.41, 5.74) is 0. The first-order chi connectivity index (χ1) is 9.81. The van der Waals surface area contributed by atoms with Crippen molar-refractivity contribution in [2.45, 2.75) is 10.1 Å². The Morgan fingerprint density at radius 1 is 1.05 bits per heavy atom. The number of rotatable bonds is 6. The van der Waals surface area contributed by atoms with Gasteiger partial charge < -0.3 is 4.42 Å². The molecule has 8 heteroatoms. The van der Waals surface area contributed by atoms with Crippen LogP contribution in [-0.4, -0.2) is 29.6 Å². The van der Waals surface area contributed by atoms with Crippen LogP contribution >= 0.6 is 0 Å². The van der Waals surface area contributed by atoms with Crippen LogP contribution in [-0.2, 0) is 19.9 Å². The first kappa shape index (κ1) is 15.7. The maximum absolute atomic E-state index is 12.7. The lowest BCUT2D eigenvalue weighted by atomic mass is 10.3. The summed E-state index contributed by atoms with van der Waals surface area (Å²) in [6.45, 7) is -0.288. The molecule has 1 atom stereocenters. The van der Waals surface area contributed by atoms with Gasteiger partial charge in [0.15, 0.2) is 9.84 Å². The van der Waals surface area contributed by atoms with Crippen LogP contribution in [0.3, 0.4) is 0 Å². The number of hydrogen-bond acceptors (Lipinski definition) is 5. The minimum Gasteiger partial charge on any atom is -0.468 e. The van der Waals surface area contributed by atoms with Gasteiger partial charge >= 0.3 is 0 Å². The van der Waals surface area contributed by atoms with E-state index in [0.717, 1.165) is 6.26 Å². The van der Waals surface area contributed by atoms with E-state index in [2.05, 4.69) is 4.72 Å². The van der Waals surface area contributed by atoms with Gasteiger partial charge in [0.05, 0.1) is 17.4 Å². The van der Waals surface area contributed by atoms with Gasteiger partial charge in [0, 0.05) is 6.54 Å². The average Bonchev–Trinajstić information content (AvgIpc) is 2.92. The van der Waals surface area contributed by atoms with E-state index in [1.54, 1.807) is 24.3 Å². The molecule has 1 unspecified atom stereocenters. The van der Waals surface area contributed by atoms with E-state index in [1.807, 2.05) is 0 Å². The van der Waals surface area contributed by atoms with Gasteiger partial charge in [-0.3, -0.25) is 0 Å². The van der Waals surface area contributed by atoms with Gasteiger partial charge in [-0.15, -0.1) is 0 Å². The number of sulfonamides is 1. The van der Waals surface area contributed by atoms with Crippen LogP contribution in [0.15, 0.2) is 58.0 Å². The lowest BCUT2D eigenvalue weighted by molar-refractivity contribution is 0.487. The SMILES string of the molecule is CS(=O)(=O)NCC(c1ccco1)S(=O)(=O)c1ccccc1. The fourth-order valence-electron chi connectivity index (χ4n) is 1.84. The minimum atomic E-state index is -3.77. The van der Waals surface area contributed by atoms with E-state index in [9.17, 15) is 16.8 Å². The van der Waals surface area contributed by atoms with E-state index in [1.165, 1.54) is 24.5 Å². The average molecular weight is 329 g/mol. The van der Waals surface area contributed by atoms with Crippen LogP contribution in [0.2, 0.25) is 0 Å². The Kier molecular flexibility index (Phi) is 4.50. The van der Waals surface area contributed by atoms with E-state index in [-0.39, 0.29) is 17.2 Å². The van der Waals surface area contributed by atoms with Crippen LogP contribution in [0, 0.1) is 0 Å². The van der Waals surface area contributed by atoms with E-state index in [4.69, 9.17) is 4.42 Å². The molecule has 0 radical (unpaired) electrons. The predicted molar refractivity (Wildman–Crippen MR) is 77.9 cm³/mol. The van der Waals surface area contributed by atoms with Gasteiger partial charge in [-0.2, -0.15) is 0 Å². The first-order valence-corrected chi connectivity index (χ1v) is 9.51. The lowest BCUT2D eigenvalue weighted by Gasteiger charge is -2.16. The fraction of sp³-hybridized carbons (Fsp3) is 0.231. The highest BCUT2D eigenvalue weighted by molar-refractivity contribution is 7.92. The van der Waals surface area contributed by atoms with Gasteiger partial charge in [0.25, 0.3) is 0 Å². The molecule has 21 heavy (non-hydrogen) atoms. The van der Waals surface area contributed by atoms with Crippen molar-refractivity contribution in [3.63, 3.8) is 0 Å². The van der Waals surface area contributed by atoms with Crippen LogP contribution in [0.1, 0.15) is 11.0 Å². The maximum Gasteiger partial charge on any atom is 0.208 e. The molecule has 2 rings (SSSR count). The molecule has 1 N–H and O–H groups in total. The number of nitrogens with one attached hydrogen (secondary N) is 1. The van der Waals surface area contributed by atoms with Crippen LogP contribution < -0.4 is 4.72 Å². The monoisotopic (exact) mass is 329 g/mol. The molecule has 1 aromatic heterocycles. The van der Waals surface area contributed by atoms with Crippen molar-refractivity contribution in [2.24, 2.45) is 0 Å².